The van der Waals surface area contributed by atoms with Crippen LogP contribution >= 0.6 is 11.6 Å². The standard InChI is InChI=1S/C23H24ClN5/c1-5-8-29-21-15(3)9-14(2)10-20(21)28-23(29)17-11-19(24)22(26-12-17)27-18-7-6-16(4)25-13-18/h6-7,9-13H,5,8H2,1-4H3,(H,26,27). The molecule has 0 fully saturated rings. The van der Waals surface area contributed by atoms with Gasteiger partial charge in [0.15, 0.2) is 0 Å². The Morgan fingerprint density at radius 3 is 2.55 bits per heavy atom. The second kappa shape index (κ2) is 7.84. The lowest BCUT2D eigenvalue weighted by atomic mass is 10.1. The third kappa shape index (κ3) is 3.83. The highest BCUT2D eigenvalue weighted by atomic mass is 35.5. The number of hydrogen-bond acceptors (Lipinski definition) is 4. The number of aryl methyl sites for hydroxylation is 4. The van der Waals surface area contributed by atoms with Gasteiger partial charge in [-0.3, -0.25) is 4.98 Å². The van der Waals surface area contributed by atoms with Gasteiger partial charge < -0.3 is 9.88 Å². The molecule has 4 rings (SSSR count). The summed E-state index contributed by atoms with van der Waals surface area (Å²) >= 11 is 6.56. The highest BCUT2D eigenvalue weighted by Gasteiger charge is 2.16. The lowest BCUT2D eigenvalue weighted by Gasteiger charge is -2.11. The van der Waals surface area contributed by atoms with Crippen molar-refractivity contribution in [2.75, 3.05) is 5.32 Å². The Bertz CT molecular complexity index is 1180. The van der Waals surface area contributed by atoms with Crippen molar-refractivity contribution in [3.8, 4) is 11.4 Å². The molecule has 0 unspecified atom stereocenters. The van der Waals surface area contributed by atoms with Crippen LogP contribution in [0.4, 0.5) is 11.5 Å². The minimum absolute atomic E-state index is 0.547. The smallest absolute Gasteiger partial charge is 0.149 e. The van der Waals surface area contributed by atoms with Gasteiger partial charge in [-0.2, -0.15) is 0 Å². The minimum Gasteiger partial charge on any atom is -0.338 e. The van der Waals surface area contributed by atoms with E-state index in [4.69, 9.17) is 16.6 Å². The van der Waals surface area contributed by atoms with E-state index in [1.807, 2.05) is 31.3 Å². The zero-order chi connectivity index (χ0) is 20.5. The number of rotatable bonds is 5. The third-order valence-electron chi connectivity index (χ3n) is 4.90. The number of pyridine rings is 2. The summed E-state index contributed by atoms with van der Waals surface area (Å²) in [7, 11) is 0. The molecule has 0 radical (unpaired) electrons. The molecule has 1 N–H and O–H groups in total. The number of aromatic nitrogens is 4. The van der Waals surface area contributed by atoms with Crippen molar-refractivity contribution >= 4 is 34.1 Å². The highest BCUT2D eigenvalue weighted by molar-refractivity contribution is 6.33. The maximum absolute atomic E-state index is 6.56. The van der Waals surface area contributed by atoms with Crippen LogP contribution in [0.15, 0.2) is 42.7 Å². The second-order valence-electron chi connectivity index (χ2n) is 7.40. The summed E-state index contributed by atoms with van der Waals surface area (Å²) in [6.07, 6.45) is 4.62. The van der Waals surface area contributed by atoms with Crippen LogP contribution in [-0.2, 0) is 6.54 Å². The fraction of sp³-hybridized carbons (Fsp3) is 0.261. The van der Waals surface area contributed by atoms with E-state index in [1.165, 1.54) is 16.6 Å². The Labute approximate surface area is 175 Å². The SMILES string of the molecule is CCCn1c(-c2cnc(Nc3ccc(C)nc3)c(Cl)c2)nc2cc(C)cc(C)c21. The van der Waals surface area contributed by atoms with Gasteiger partial charge in [0.2, 0.25) is 0 Å². The van der Waals surface area contributed by atoms with Crippen LogP contribution in [0.25, 0.3) is 22.4 Å². The summed E-state index contributed by atoms with van der Waals surface area (Å²) in [5, 5.41) is 3.78. The van der Waals surface area contributed by atoms with Crippen LogP contribution in [-0.4, -0.2) is 19.5 Å². The molecule has 6 heteroatoms. The summed E-state index contributed by atoms with van der Waals surface area (Å²) in [6, 6.07) is 10.2. The lowest BCUT2D eigenvalue weighted by Crippen LogP contribution is -2.02. The summed E-state index contributed by atoms with van der Waals surface area (Å²) in [5.74, 6) is 1.50. The normalized spacial score (nSPS) is 11.2. The van der Waals surface area contributed by atoms with Crippen LogP contribution in [0.5, 0.6) is 0 Å². The van der Waals surface area contributed by atoms with E-state index < -0.39 is 0 Å². The molecule has 0 amide bonds. The van der Waals surface area contributed by atoms with Gasteiger partial charge in [-0.1, -0.05) is 24.6 Å². The first-order valence-electron chi connectivity index (χ1n) is 9.79. The molecule has 0 saturated carbocycles. The molecule has 1 aromatic carbocycles. The molecule has 3 aromatic heterocycles. The molecule has 4 aromatic rings. The maximum atomic E-state index is 6.56. The van der Waals surface area contributed by atoms with E-state index in [0.29, 0.717) is 10.8 Å². The fourth-order valence-electron chi connectivity index (χ4n) is 3.65. The van der Waals surface area contributed by atoms with Gasteiger partial charge >= 0.3 is 0 Å². The Morgan fingerprint density at radius 2 is 1.86 bits per heavy atom. The quantitative estimate of drug-likeness (QED) is 0.427. The highest BCUT2D eigenvalue weighted by Crippen LogP contribution is 2.32. The first-order valence-corrected chi connectivity index (χ1v) is 10.2. The van der Waals surface area contributed by atoms with E-state index in [2.05, 4.69) is 52.8 Å². The average Bonchev–Trinajstić information content (AvgIpc) is 3.04. The van der Waals surface area contributed by atoms with Gasteiger partial charge in [0, 0.05) is 24.0 Å². The number of nitrogens with one attached hydrogen (secondary N) is 1. The lowest BCUT2D eigenvalue weighted by molar-refractivity contribution is 0.703. The molecule has 148 valence electrons. The van der Waals surface area contributed by atoms with Crippen LogP contribution in [0.3, 0.4) is 0 Å². The topological polar surface area (TPSA) is 55.6 Å². The summed E-state index contributed by atoms with van der Waals surface area (Å²) in [6.45, 7) is 9.26. The zero-order valence-corrected chi connectivity index (χ0v) is 17.9. The van der Waals surface area contributed by atoms with E-state index >= 15 is 0 Å². The molecular formula is C23H24ClN5. The average molecular weight is 406 g/mol. The van der Waals surface area contributed by atoms with E-state index in [9.17, 15) is 0 Å². The van der Waals surface area contributed by atoms with Crippen LogP contribution in [0.1, 0.15) is 30.2 Å². The number of hydrogen-bond donors (Lipinski definition) is 1. The molecular weight excluding hydrogens is 382 g/mol. The van der Waals surface area contributed by atoms with E-state index in [1.54, 1.807) is 6.20 Å². The predicted molar refractivity (Wildman–Crippen MR) is 120 cm³/mol. The summed E-state index contributed by atoms with van der Waals surface area (Å²) < 4.78 is 2.27. The molecule has 0 aliphatic carbocycles. The third-order valence-corrected chi connectivity index (χ3v) is 5.19. The van der Waals surface area contributed by atoms with Crippen molar-refractivity contribution in [3.63, 3.8) is 0 Å². The molecule has 0 aliphatic heterocycles. The molecule has 0 bridgehead atoms. The van der Waals surface area contributed by atoms with Crippen molar-refractivity contribution in [3.05, 3.63) is 64.6 Å². The summed E-state index contributed by atoms with van der Waals surface area (Å²) in [5.41, 5.74) is 7.35. The second-order valence-corrected chi connectivity index (χ2v) is 7.81. The number of fused-ring (bicyclic) bond motifs is 1. The van der Waals surface area contributed by atoms with Gasteiger partial charge in [-0.25, -0.2) is 9.97 Å². The molecule has 0 saturated heterocycles. The fourth-order valence-corrected chi connectivity index (χ4v) is 3.86. The van der Waals surface area contributed by atoms with Crippen LogP contribution in [0, 0.1) is 20.8 Å². The Kier molecular flexibility index (Phi) is 5.24. The molecule has 0 aliphatic rings. The van der Waals surface area contributed by atoms with Crippen LogP contribution < -0.4 is 5.32 Å². The number of imidazole rings is 1. The van der Waals surface area contributed by atoms with E-state index in [-0.39, 0.29) is 0 Å². The largest absolute Gasteiger partial charge is 0.338 e. The number of halogens is 1. The first-order chi connectivity index (χ1) is 14.0. The van der Waals surface area contributed by atoms with Crippen molar-refractivity contribution in [2.45, 2.75) is 40.7 Å². The summed E-state index contributed by atoms with van der Waals surface area (Å²) in [4.78, 5) is 13.8. The van der Waals surface area contributed by atoms with E-state index in [0.717, 1.165) is 41.3 Å². The molecule has 0 atom stereocenters. The Morgan fingerprint density at radius 1 is 1.03 bits per heavy atom. The predicted octanol–water partition coefficient (Wildman–Crippen LogP) is 6.23. The van der Waals surface area contributed by atoms with Crippen LogP contribution in [0.2, 0.25) is 5.02 Å². The van der Waals surface area contributed by atoms with Gasteiger partial charge in [0.1, 0.15) is 11.6 Å². The molecule has 0 spiro atoms. The molecule has 3 heterocycles. The van der Waals surface area contributed by atoms with Gasteiger partial charge in [-0.05, 0) is 62.6 Å². The van der Waals surface area contributed by atoms with Gasteiger partial charge in [0.25, 0.3) is 0 Å². The number of nitrogens with zero attached hydrogens (tertiary/aromatic N) is 4. The number of benzene rings is 1. The van der Waals surface area contributed by atoms with Gasteiger partial charge in [0.05, 0.1) is 27.9 Å². The van der Waals surface area contributed by atoms with Crippen molar-refractivity contribution in [1.82, 2.24) is 19.5 Å². The Hall–Kier alpha value is -2.92. The minimum atomic E-state index is 0.547. The van der Waals surface area contributed by atoms with Gasteiger partial charge in [-0.15, -0.1) is 0 Å². The monoisotopic (exact) mass is 405 g/mol. The zero-order valence-electron chi connectivity index (χ0n) is 17.1. The Balaban J connectivity index is 1.76. The molecule has 5 nitrogen and oxygen atoms in total. The van der Waals surface area contributed by atoms with Crippen molar-refractivity contribution in [1.29, 1.82) is 0 Å². The van der Waals surface area contributed by atoms with Crippen molar-refractivity contribution < 1.29 is 0 Å². The first kappa shape index (κ1) is 19.4. The maximum Gasteiger partial charge on any atom is 0.149 e. The number of anilines is 2. The molecule has 29 heavy (non-hydrogen) atoms. The van der Waals surface area contributed by atoms with Crippen molar-refractivity contribution in [2.24, 2.45) is 0 Å².